The Labute approximate surface area is 272 Å². The largest absolute Gasteiger partial charge is 0.489 e. The second-order valence-electron chi connectivity index (χ2n) is 12.3. The number of nitro groups is 1. The summed E-state index contributed by atoms with van der Waals surface area (Å²) < 4.78 is 18.1. The lowest BCUT2D eigenvalue weighted by molar-refractivity contribution is -0.384. The van der Waals surface area contributed by atoms with Crippen LogP contribution < -0.4 is 9.64 Å². The number of imide groups is 1. The van der Waals surface area contributed by atoms with Gasteiger partial charge in [-0.3, -0.25) is 19.7 Å². The van der Waals surface area contributed by atoms with Gasteiger partial charge in [0, 0.05) is 12.1 Å². The number of fused-ring (bicyclic) bond motifs is 3. The molecule has 3 aromatic rings. The molecule has 0 unspecified atom stereocenters. The van der Waals surface area contributed by atoms with Crippen LogP contribution in [0.2, 0.25) is 6.32 Å². The third-order valence-electron chi connectivity index (χ3n) is 9.25. The smallest absolute Gasteiger partial charge is 0.455 e. The first kappa shape index (κ1) is 32.4. The van der Waals surface area contributed by atoms with Crippen molar-refractivity contribution in [1.82, 2.24) is 0 Å². The van der Waals surface area contributed by atoms with Crippen LogP contribution in [0.15, 0.2) is 87.9 Å². The number of nitrogens with zero attached hydrogens (tertiary/aromatic N) is 2. The van der Waals surface area contributed by atoms with Gasteiger partial charge in [-0.25, -0.2) is 4.90 Å². The summed E-state index contributed by atoms with van der Waals surface area (Å²) in [6.45, 7) is 2.09. The Kier molecular flexibility index (Phi) is 9.72. The van der Waals surface area contributed by atoms with Crippen molar-refractivity contribution in [3.63, 3.8) is 0 Å². The van der Waals surface area contributed by atoms with Crippen molar-refractivity contribution in [2.45, 2.75) is 58.1 Å². The minimum atomic E-state index is -1.14. The minimum absolute atomic E-state index is 0.137. The third kappa shape index (κ3) is 6.81. The van der Waals surface area contributed by atoms with Crippen LogP contribution in [-0.2, 0) is 20.9 Å². The molecule has 244 valence electrons. The van der Waals surface area contributed by atoms with Crippen molar-refractivity contribution in [2.24, 2.45) is 17.8 Å². The fourth-order valence-electron chi connectivity index (χ4n) is 7.25. The number of amides is 2. The van der Waals surface area contributed by atoms with E-state index in [0.717, 1.165) is 34.5 Å². The third-order valence-corrected chi connectivity index (χ3v) is 9.25. The zero-order valence-corrected chi connectivity index (χ0v) is 26.1. The van der Waals surface area contributed by atoms with Crippen LogP contribution in [0.5, 0.6) is 5.75 Å². The second-order valence-corrected chi connectivity index (χ2v) is 12.3. The Morgan fingerprint density at radius 1 is 1.09 bits per heavy atom. The SMILES string of the molecule is CCC/C(=C\c1ccc(CO)o1)CC[C@H]1OB(O)C[C@H]2C1=C(COc1ccccc1)C[C@H]1C(=O)N(c3cccc([N+](=O)[O-])c3)C(=O)[C@H]12. The number of benzene rings is 2. The molecule has 2 N–H and O–H groups in total. The number of hydrogen-bond acceptors (Lipinski definition) is 9. The van der Waals surface area contributed by atoms with E-state index in [1.54, 1.807) is 6.07 Å². The molecule has 2 amide bonds. The van der Waals surface area contributed by atoms with Crippen LogP contribution >= 0.6 is 0 Å². The van der Waals surface area contributed by atoms with E-state index in [1.165, 1.54) is 24.3 Å². The zero-order chi connectivity index (χ0) is 33.1. The van der Waals surface area contributed by atoms with Crippen molar-refractivity contribution in [2.75, 3.05) is 11.5 Å². The van der Waals surface area contributed by atoms with E-state index >= 15 is 0 Å². The maximum Gasteiger partial charge on any atom is 0.455 e. The Hall–Kier alpha value is -4.52. The summed E-state index contributed by atoms with van der Waals surface area (Å²) in [7, 11) is -1.14. The molecule has 1 aliphatic carbocycles. The van der Waals surface area contributed by atoms with Gasteiger partial charge in [-0.15, -0.1) is 0 Å². The summed E-state index contributed by atoms with van der Waals surface area (Å²) in [5.74, 6) is -0.982. The fourth-order valence-corrected chi connectivity index (χ4v) is 7.25. The minimum Gasteiger partial charge on any atom is -0.489 e. The number of allylic oxidation sites excluding steroid dienone is 1. The van der Waals surface area contributed by atoms with Crippen LogP contribution in [0.1, 0.15) is 50.5 Å². The van der Waals surface area contributed by atoms with Crippen LogP contribution in [0.4, 0.5) is 11.4 Å². The van der Waals surface area contributed by atoms with Gasteiger partial charge >= 0.3 is 7.12 Å². The fraction of sp³-hybridized carbons (Fsp3) is 0.371. The van der Waals surface area contributed by atoms with Crippen LogP contribution in [0, 0.1) is 27.9 Å². The van der Waals surface area contributed by atoms with Gasteiger partial charge in [-0.05, 0) is 85.5 Å². The van der Waals surface area contributed by atoms with Crippen molar-refractivity contribution in [1.29, 1.82) is 0 Å². The molecule has 1 aromatic heterocycles. The first-order valence-corrected chi connectivity index (χ1v) is 16.0. The molecule has 3 aliphatic rings. The normalized spacial score (nSPS) is 22.8. The first-order valence-electron chi connectivity index (χ1n) is 16.0. The average Bonchev–Trinajstić information content (AvgIpc) is 3.63. The summed E-state index contributed by atoms with van der Waals surface area (Å²) in [6.07, 6.45) is 4.71. The number of furan rings is 1. The maximum absolute atomic E-state index is 14.1. The van der Waals surface area contributed by atoms with E-state index in [2.05, 4.69) is 6.92 Å². The average molecular weight is 640 g/mol. The van der Waals surface area contributed by atoms with Gasteiger partial charge in [-0.2, -0.15) is 0 Å². The number of non-ortho nitro benzene ring substituents is 1. The summed E-state index contributed by atoms with van der Waals surface area (Å²) in [5.41, 5.74) is 2.80. The van der Waals surface area contributed by atoms with E-state index in [9.17, 15) is 29.8 Å². The highest BCUT2D eigenvalue weighted by molar-refractivity contribution is 6.43. The standard InChI is InChI=1S/C35H37BN2O9/c1-2-7-22(16-27-13-14-28(20-39)46-27)12-15-31-32-23(21-45-26-10-4-3-5-11-26)17-29-33(30(32)19-36(42)47-31)35(41)37(34(29)40)24-8-6-9-25(18-24)38(43)44/h3-6,8-11,13-14,16,18,29-31,33,39,42H,2,7,12,15,17,19-21H2,1H3/b22-16+/t29-,30+,31-,33-/m1/s1. The van der Waals surface area contributed by atoms with E-state index in [4.69, 9.17) is 13.8 Å². The molecule has 2 fully saturated rings. The Bertz CT molecular complexity index is 1700. The highest BCUT2D eigenvalue weighted by Crippen LogP contribution is 2.51. The number of para-hydroxylation sites is 1. The summed E-state index contributed by atoms with van der Waals surface area (Å²) in [4.78, 5) is 40.0. The molecule has 0 radical (unpaired) electrons. The van der Waals surface area contributed by atoms with Gasteiger partial charge in [0.1, 0.15) is 30.5 Å². The monoisotopic (exact) mass is 640 g/mol. The lowest BCUT2D eigenvalue weighted by atomic mass is 9.58. The number of rotatable bonds is 12. The number of carbonyl (C=O) groups is 2. The molecule has 4 atom stereocenters. The van der Waals surface area contributed by atoms with Crippen LogP contribution in [-0.4, -0.2) is 46.7 Å². The second kappa shape index (κ2) is 14.1. The molecule has 12 heteroatoms. The van der Waals surface area contributed by atoms with Crippen molar-refractivity contribution in [3.05, 3.63) is 105 Å². The number of nitro benzene ring substituents is 1. The molecule has 11 nitrogen and oxygen atoms in total. The topological polar surface area (TPSA) is 153 Å². The van der Waals surface area contributed by atoms with Crippen molar-refractivity contribution in [3.8, 4) is 5.75 Å². The number of aliphatic hydroxyl groups is 1. The summed E-state index contributed by atoms with van der Waals surface area (Å²) in [5, 5.41) is 31.9. The van der Waals surface area contributed by atoms with Crippen molar-refractivity contribution >= 4 is 36.4 Å². The first-order chi connectivity index (χ1) is 22.8. The molecule has 2 aliphatic heterocycles. The maximum atomic E-state index is 14.1. The van der Waals surface area contributed by atoms with E-state index in [1.807, 2.05) is 42.5 Å². The zero-order valence-electron chi connectivity index (χ0n) is 26.1. The summed E-state index contributed by atoms with van der Waals surface area (Å²) in [6, 6.07) is 18.4. The molecule has 47 heavy (non-hydrogen) atoms. The van der Waals surface area contributed by atoms with E-state index in [0.29, 0.717) is 30.1 Å². The number of carbonyl (C=O) groups excluding carboxylic acids is 2. The molecule has 6 rings (SSSR count). The van der Waals surface area contributed by atoms with Gasteiger partial charge in [0.2, 0.25) is 11.8 Å². The molecule has 3 heterocycles. The van der Waals surface area contributed by atoms with Crippen molar-refractivity contribution < 1.29 is 38.5 Å². The molecular formula is C35H37BN2O9. The molecule has 0 bridgehead atoms. The van der Waals surface area contributed by atoms with Crippen LogP contribution in [0.25, 0.3) is 6.08 Å². The van der Waals surface area contributed by atoms with Gasteiger partial charge in [-0.1, -0.05) is 43.2 Å². The Morgan fingerprint density at radius 3 is 2.62 bits per heavy atom. The Morgan fingerprint density at radius 2 is 1.89 bits per heavy atom. The lowest BCUT2D eigenvalue weighted by Gasteiger charge is -2.43. The summed E-state index contributed by atoms with van der Waals surface area (Å²) >= 11 is 0. The Balaban J connectivity index is 1.33. The number of aliphatic hydroxyl groups excluding tert-OH is 1. The highest BCUT2D eigenvalue weighted by atomic mass is 16.6. The number of hydrogen-bond donors (Lipinski definition) is 2. The molecule has 2 aromatic carbocycles. The molecule has 2 saturated heterocycles. The number of anilines is 1. The van der Waals surface area contributed by atoms with Gasteiger partial charge in [0.15, 0.2) is 0 Å². The van der Waals surface area contributed by atoms with E-state index in [-0.39, 0.29) is 37.3 Å². The quantitative estimate of drug-likeness (QED) is 0.0832. The predicted molar refractivity (Wildman–Crippen MR) is 174 cm³/mol. The number of ether oxygens (including phenoxy) is 1. The molecule has 0 saturated carbocycles. The van der Waals surface area contributed by atoms with Gasteiger partial charge in [0.05, 0.1) is 28.6 Å². The van der Waals surface area contributed by atoms with Gasteiger partial charge in [0.25, 0.3) is 5.69 Å². The highest BCUT2D eigenvalue weighted by Gasteiger charge is 2.57. The van der Waals surface area contributed by atoms with Crippen LogP contribution in [0.3, 0.4) is 0 Å². The predicted octanol–water partition coefficient (Wildman–Crippen LogP) is 5.72. The molecule has 0 spiro atoms. The van der Waals surface area contributed by atoms with E-state index < -0.39 is 47.7 Å². The molecular weight excluding hydrogens is 603 g/mol. The van der Waals surface area contributed by atoms with Gasteiger partial charge < -0.3 is 23.9 Å². The lowest BCUT2D eigenvalue weighted by Crippen LogP contribution is -2.46.